The summed E-state index contributed by atoms with van der Waals surface area (Å²) in [5, 5.41) is 12.4. The van der Waals surface area contributed by atoms with Crippen LogP contribution in [-0.4, -0.2) is 21.2 Å². The highest BCUT2D eigenvalue weighted by Gasteiger charge is 2.11. The fourth-order valence-electron chi connectivity index (χ4n) is 1.85. The van der Waals surface area contributed by atoms with Gasteiger partial charge in [0.1, 0.15) is 5.82 Å². The summed E-state index contributed by atoms with van der Waals surface area (Å²) in [7, 11) is 0. The van der Waals surface area contributed by atoms with E-state index in [4.69, 9.17) is 9.63 Å². The van der Waals surface area contributed by atoms with Crippen molar-refractivity contribution in [1.29, 1.82) is 0 Å². The van der Waals surface area contributed by atoms with Gasteiger partial charge in [0.25, 0.3) is 0 Å². The second kappa shape index (κ2) is 6.27. The van der Waals surface area contributed by atoms with Crippen molar-refractivity contribution in [3.63, 3.8) is 0 Å². The summed E-state index contributed by atoms with van der Waals surface area (Å²) in [5.41, 5.74) is 1.47. The third kappa shape index (κ3) is 3.63. The molecule has 0 atom stereocenters. The Bertz CT molecular complexity index is 610. The molecule has 0 bridgehead atoms. The van der Waals surface area contributed by atoms with E-state index in [-0.39, 0.29) is 12.2 Å². The number of aromatic nitrogens is 2. The molecule has 0 aliphatic heterocycles. The van der Waals surface area contributed by atoms with E-state index in [0.717, 1.165) is 5.56 Å². The van der Waals surface area contributed by atoms with Gasteiger partial charge in [0.2, 0.25) is 11.7 Å². The lowest BCUT2D eigenvalue weighted by atomic mass is 10.1. The minimum Gasteiger partial charge on any atom is -0.481 e. The highest BCUT2D eigenvalue weighted by atomic mass is 19.1. The van der Waals surface area contributed by atoms with Crippen LogP contribution in [-0.2, 0) is 11.2 Å². The first-order chi connectivity index (χ1) is 9.56. The molecule has 0 spiro atoms. The predicted molar refractivity (Wildman–Crippen MR) is 69.6 cm³/mol. The van der Waals surface area contributed by atoms with Crippen LogP contribution in [0.4, 0.5) is 4.39 Å². The lowest BCUT2D eigenvalue weighted by molar-refractivity contribution is -0.137. The summed E-state index contributed by atoms with van der Waals surface area (Å²) in [6, 6.07) is 4.41. The molecule has 0 amide bonds. The molecular weight excluding hydrogens is 263 g/mol. The van der Waals surface area contributed by atoms with Crippen LogP contribution in [0.2, 0.25) is 0 Å². The van der Waals surface area contributed by atoms with Gasteiger partial charge < -0.3 is 9.63 Å². The molecule has 106 valence electrons. The summed E-state index contributed by atoms with van der Waals surface area (Å²) in [5.74, 6) is -0.366. The summed E-state index contributed by atoms with van der Waals surface area (Å²) >= 11 is 0. The Morgan fingerprint density at radius 3 is 2.95 bits per heavy atom. The number of nitrogens with zero attached hydrogens (tertiary/aromatic N) is 2. The van der Waals surface area contributed by atoms with Crippen LogP contribution in [0.5, 0.6) is 0 Å². The Hall–Kier alpha value is -2.24. The van der Waals surface area contributed by atoms with Crippen molar-refractivity contribution in [2.45, 2.75) is 32.6 Å². The summed E-state index contributed by atoms with van der Waals surface area (Å²) < 4.78 is 18.3. The number of benzene rings is 1. The van der Waals surface area contributed by atoms with Gasteiger partial charge in [0.05, 0.1) is 0 Å². The van der Waals surface area contributed by atoms with Crippen LogP contribution in [0.15, 0.2) is 22.7 Å². The van der Waals surface area contributed by atoms with Crippen molar-refractivity contribution < 1.29 is 18.8 Å². The molecule has 1 heterocycles. The monoisotopic (exact) mass is 278 g/mol. The van der Waals surface area contributed by atoms with Gasteiger partial charge in [0.15, 0.2) is 0 Å². The maximum Gasteiger partial charge on any atom is 0.303 e. The lowest BCUT2D eigenvalue weighted by Gasteiger charge is -1.99. The molecule has 2 rings (SSSR count). The minimum absolute atomic E-state index is 0.129. The number of rotatable bonds is 6. The van der Waals surface area contributed by atoms with Crippen LogP contribution in [0.25, 0.3) is 11.4 Å². The number of halogens is 1. The van der Waals surface area contributed by atoms with E-state index >= 15 is 0 Å². The van der Waals surface area contributed by atoms with Crippen LogP contribution < -0.4 is 0 Å². The maximum absolute atomic E-state index is 13.2. The van der Waals surface area contributed by atoms with Crippen LogP contribution in [0, 0.1) is 12.7 Å². The Morgan fingerprint density at radius 1 is 1.40 bits per heavy atom. The van der Waals surface area contributed by atoms with E-state index in [1.807, 2.05) is 6.92 Å². The Morgan fingerprint density at radius 2 is 2.20 bits per heavy atom. The molecule has 0 radical (unpaired) electrons. The first-order valence-electron chi connectivity index (χ1n) is 6.37. The number of aliphatic carboxylic acids is 1. The van der Waals surface area contributed by atoms with Crippen molar-refractivity contribution in [1.82, 2.24) is 10.1 Å². The van der Waals surface area contributed by atoms with Crippen LogP contribution in [0.1, 0.15) is 30.7 Å². The fourth-order valence-corrected chi connectivity index (χ4v) is 1.85. The average Bonchev–Trinajstić information content (AvgIpc) is 2.86. The van der Waals surface area contributed by atoms with Gasteiger partial charge in [-0.05, 0) is 37.5 Å². The molecule has 0 fully saturated rings. The molecule has 5 nitrogen and oxygen atoms in total. The largest absolute Gasteiger partial charge is 0.481 e. The zero-order chi connectivity index (χ0) is 14.5. The van der Waals surface area contributed by atoms with Gasteiger partial charge in [-0.2, -0.15) is 4.98 Å². The zero-order valence-corrected chi connectivity index (χ0v) is 11.1. The standard InChI is InChI=1S/C14H15FN2O3/c1-9-6-7-10(15)8-11(9)14-16-12(20-17-14)4-2-3-5-13(18)19/h6-8H,2-5H2,1H3,(H,18,19). The molecule has 20 heavy (non-hydrogen) atoms. The Labute approximate surface area is 115 Å². The zero-order valence-electron chi connectivity index (χ0n) is 11.1. The molecule has 0 saturated carbocycles. The molecule has 1 aromatic carbocycles. The third-order valence-electron chi connectivity index (χ3n) is 2.94. The van der Waals surface area contributed by atoms with E-state index in [1.165, 1.54) is 12.1 Å². The number of carboxylic acids is 1. The third-order valence-corrected chi connectivity index (χ3v) is 2.94. The SMILES string of the molecule is Cc1ccc(F)cc1-c1noc(CCCCC(=O)O)n1. The molecule has 1 N–H and O–H groups in total. The number of unbranched alkanes of at least 4 members (excludes halogenated alkanes) is 1. The van der Waals surface area contributed by atoms with Crippen molar-refractivity contribution in [3.8, 4) is 11.4 Å². The van der Waals surface area contributed by atoms with E-state index < -0.39 is 5.97 Å². The first-order valence-corrected chi connectivity index (χ1v) is 6.37. The quantitative estimate of drug-likeness (QED) is 0.822. The van der Waals surface area contributed by atoms with E-state index in [9.17, 15) is 9.18 Å². The summed E-state index contributed by atoms with van der Waals surface area (Å²) in [6.45, 7) is 1.84. The summed E-state index contributed by atoms with van der Waals surface area (Å²) in [4.78, 5) is 14.6. The predicted octanol–water partition coefficient (Wildman–Crippen LogP) is 2.98. The van der Waals surface area contributed by atoms with E-state index in [0.29, 0.717) is 36.5 Å². The number of carboxylic acid groups (broad SMARTS) is 1. The van der Waals surface area contributed by atoms with Crippen molar-refractivity contribution in [2.24, 2.45) is 0 Å². The molecule has 6 heteroatoms. The van der Waals surface area contributed by atoms with Crippen LogP contribution >= 0.6 is 0 Å². The van der Waals surface area contributed by atoms with Crippen molar-refractivity contribution in [2.75, 3.05) is 0 Å². The first kappa shape index (κ1) is 14.2. The van der Waals surface area contributed by atoms with Gasteiger partial charge >= 0.3 is 5.97 Å². The summed E-state index contributed by atoms with van der Waals surface area (Å²) in [6.07, 6.45) is 1.88. The smallest absolute Gasteiger partial charge is 0.303 e. The topological polar surface area (TPSA) is 76.2 Å². The fraction of sp³-hybridized carbons (Fsp3) is 0.357. The van der Waals surface area contributed by atoms with Gasteiger partial charge in [-0.3, -0.25) is 4.79 Å². The molecule has 0 aliphatic carbocycles. The van der Waals surface area contributed by atoms with Gasteiger partial charge in [0, 0.05) is 18.4 Å². The number of aryl methyl sites for hydroxylation is 2. The lowest BCUT2D eigenvalue weighted by Crippen LogP contribution is -1.95. The molecule has 0 aliphatic rings. The molecule has 1 aromatic heterocycles. The number of hydrogen-bond donors (Lipinski definition) is 1. The maximum atomic E-state index is 13.2. The molecule has 0 unspecified atom stereocenters. The van der Waals surface area contributed by atoms with Gasteiger partial charge in [-0.1, -0.05) is 11.2 Å². The van der Waals surface area contributed by atoms with E-state index in [2.05, 4.69) is 10.1 Å². The average molecular weight is 278 g/mol. The normalized spacial score (nSPS) is 10.7. The number of hydrogen-bond acceptors (Lipinski definition) is 4. The second-order valence-corrected chi connectivity index (χ2v) is 4.57. The molecular formula is C14H15FN2O3. The molecule has 0 saturated heterocycles. The Kier molecular flexibility index (Phi) is 4.45. The van der Waals surface area contributed by atoms with Crippen LogP contribution in [0.3, 0.4) is 0 Å². The number of carbonyl (C=O) groups is 1. The highest BCUT2D eigenvalue weighted by molar-refractivity contribution is 5.66. The van der Waals surface area contributed by atoms with Gasteiger partial charge in [-0.25, -0.2) is 4.39 Å². The van der Waals surface area contributed by atoms with E-state index in [1.54, 1.807) is 6.07 Å². The van der Waals surface area contributed by atoms with Crippen molar-refractivity contribution >= 4 is 5.97 Å². The Balaban J connectivity index is 2.01. The highest BCUT2D eigenvalue weighted by Crippen LogP contribution is 2.21. The van der Waals surface area contributed by atoms with Crippen molar-refractivity contribution in [3.05, 3.63) is 35.5 Å². The molecule has 2 aromatic rings. The van der Waals surface area contributed by atoms with Gasteiger partial charge in [-0.15, -0.1) is 0 Å². The minimum atomic E-state index is -0.813. The second-order valence-electron chi connectivity index (χ2n) is 4.57.